The quantitative estimate of drug-likeness (QED) is 0.406. The summed E-state index contributed by atoms with van der Waals surface area (Å²) < 4.78 is 0. The van der Waals surface area contributed by atoms with Gasteiger partial charge in [-0.1, -0.05) is 25.9 Å². The summed E-state index contributed by atoms with van der Waals surface area (Å²) >= 11 is 0. The van der Waals surface area contributed by atoms with Gasteiger partial charge in [0.1, 0.15) is 6.61 Å². The van der Waals surface area contributed by atoms with E-state index in [1.807, 2.05) is 0 Å². The molecule has 0 spiro atoms. The molecule has 1 aliphatic rings. The van der Waals surface area contributed by atoms with Crippen molar-refractivity contribution in [1.29, 1.82) is 0 Å². The van der Waals surface area contributed by atoms with Crippen LogP contribution in [-0.4, -0.2) is 50.9 Å². The summed E-state index contributed by atoms with van der Waals surface area (Å²) in [6.45, 7) is 8.54. The molecular weight excluding hydrogens is 280 g/mol. The van der Waals surface area contributed by atoms with Crippen molar-refractivity contribution in [2.24, 2.45) is 15.7 Å². The zero-order chi connectivity index (χ0) is 16.4. The number of nitrogens with zero attached hydrogens (tertiary/aromatic N) is 3. The molecule has 0 radical (unpaired) electrons. The molecular formula is C12H20N4O5. The van der Waals surface area contributed by atoms with E-state index in [0.29, 0.717) is 0 Å². The van der Waals surface area contributed by atoms with Crippen LogP contribution in [0, 0.1) is 5.41 Å². The Kier molecular flexibility index (Phi) is 4.57. The van der Waals surface area contributed by atoms with Crippen LogP contribution in [0.25, 0.3) is 0 Å². The summed E-state index contributed by atoms with van der Waals surface area (Å²) in [6.07, 6.45) is -1.70. The first-order valence-corrected chi connectivity index (χ1v) is 6.38. The van der Waals surface area contributed by atoms with Crippen LogP contribution in [-0.2, 0) is 9.63 Å². The number of carbonyl (C=O) groups excluding carboxylic acids is 1. The molecule has 1 atom stereocenters. The maximum atomic E-state index is 12.3. The van der Waals surface area contributed by atoms with E-state index < -0.39 is 23.0 Å². The highest BCUT2D eigenvalue weighted by Crippen LogP contribution is 2.33. The predicted molar refractivity (Wildman–Crippen MR) is 74.1 cm³/mol. The first-order chi connectivity index (χ1) is 9.60. The highest BCUT2D eigenvalue weighted by molar-refractivity contribution is 6.35. The number of oxime groups is 1. The van der Waals surface area contributed by atoms with Crippen molar-refractivity contribution < 1.29 is 24.7 Å². The molecule has 1 unspecified atom stereocenters. The van der Waals surface area contributed by atoms with Crippen molar-refractivity contribution in [3.05, 3.63) is 0 Å². The van der Waals surface area contributed by atoms with Gasteiger partial charge in [-0.25, -0.2) is 10.2 Å². The fraction of sp³-hybridized carbons (Fsp3) is 0.667. The number of carboxylic acid groups (broad SMARTS) is 1. The number of rotatable bonds is 4. The number of hydrogen-bond donors (Lipinski definition) is 3. The molecule has 1 rings (SSSR count). The fourth-order valence-electron chi connectivity index (χ4n) is 2.14. The lowest BCUT2D eigenvalue weighted by Crippen LogP contribution is -2.66. The maximum absolute atomic E-state index is 12.3. The van der Waals surface area contributed by atoms with Gasteiger partial charge in [-0.05, 0) is 13.8 Å². The molecule has 1 heterocycles. The molecule has 118 valence electrons. The van der Waals surface area contributed by atoms with E-state index in [1.165, 1.54) is 6.92 Å². The lowest BCUT2D eigenvalue weighted by Gasteiger charge is -2.36. The van der Waals surface area contributed by atoms with Gasteiger partial charge in [-0.3, -0.25) is 10.0 Å². The topological polar surface area (TPSA) is 124 Å². The first-order valence-electron chi connectivity index (χ1n) is 6.38. The van der Waals surface area contributed by atoms with Crippen molar-refractivity contribution in [1.82, 2.24) is 10.5 Å². The number of carbonyl (C=O) groups is 2. The van der Waals surface area contributed by atoms with Crippen LogP contribution in [0.1, 0.15) is 34.6 Å². The first kappa shape index (κ1) is 16.9. The Morgan fingerprint density at radius 3 is 2.52 bits per heavy atom. The third-order valence-corrected chi connectivity index (χ3v) is 3.00. The molecule has 9 nitrogen and oxygen atoms in total. The smallest absolute Gasteiger partial charge is 0.433 e. The molecule has 0 fully saturated rings. The van der Waals surface area contributed by atoms with Crippen LogP contribution in [0.3, 0.4) is 0 Å². The van der Waals surface area contributed by atoms with Gasteiger partial charge in [-0.2, -0.15) is 10.2 Å². The summed E-state index contributed by atoms with van der Waals surface area (Å²) in [4.78, 5) is 28.4. The minimum Gasteiger partial charge on any atom is -0.463 e. The molecule has 1 aliphatic heterocycles. The number of nitrogens with one attached hydrogen (secondary N) is 1. The molecule has 0 bridgehead atoms. The van der Waals surface area contributed by atoms with E-state index in [2.05, 4.69) is 15.7 Å². The highest BCUT2D eigenvalue weighted by Gasteiger charge is 2.60. The van der Waals surface area contributed by atoms with E-state index in [4.69, 9.17) is 9.94 Å². The second-order valence-corrected chi connectivity index (χ2v) is 5.55. The van der Waals surface area contributed by atoms with Crippen molar-refractivity contribution in [3.8, 4) is 0 Å². The zero-order valence-corrected chi connectivity index (χ0v) is 12.7. The third-order valence-electron chi connectivity index (χ3n) is 3.00. The third kappa shape index (κ3) is 2.68. The molecule has 9 heteroatoms. The van der Waals surface area contributed by atoms with Crippen LogP contribution in [0.4, 0.5) is 4.79 Å². The van der Waals surface area contributed by atoms with Crippen molar-refractivity contribution >= 4 is 23.4 Å². The Morgan fingerprint density at radius 2 is 2.10 bits per heavy atom. The molecule has 21 heavy (non-hydrogen) atoms. The van der Waals surface area contributed by atoms with Crippen molar-refractivity contribution in [2.45, 2.75) is 40.2 Å². The Bertz CT molecular complexity index is 508. The van der Waals surface area contributed by atoms with Crippen LogP contribution < -0.4 is 5.43 Å². The normalized spacial score (nSPS) is 22.7. The van der Waals surface area contributed by atoms with Crippen LogP contribution in [0.15, 0.2) is 10.3 Å². The second-order valence-electron chi connectivity index (χ2n) is 5.55. The molecule has 0 aliphatic carbocycles. The van der Waals surface area contributed by atoms with Gasteiger partial charge in [-0.15, -0.1) is 0 Å². The van der Waals surface area contributed by atoms with Gasteiger partial charge in [0, 0.05) is 5.41 Å². The lowest BCUT2D eigenvalue weighted by molar-refractivity contribution is -0.143. The molecule has 2 amide bonds. The minimum absolute atomic E-state index is 0.0297. The molecule has 0 aromatic carbocycles. The average Bonchev–Trinajstić information content (AvgIpc) is 2.73. The highest BCUT2D eigenvalue weighted by atomic mass is 16.6. The predicted octanol–water partition coefficient (Wildman–Crippen LogP) is 1.04. The van der Waals surface area contributed by atoms with E-state index in [1.54, 1.807) is 27.7 Å². The SMILES string of the molecule is CCO/N=C(/C)C1(N(O)C(=O)O)C(=O)NN=C1C(C)(C)C. The number of hydrogen-bond acceptors (Lipinski definition) is 6. The van der Waals surface area contributed by atoms with Crippen molar-refractivity contribution in [3.63, 3.8) is 0 Å². The largest absolute Gasteiger partial charge is 0.463 e. The van der Waals surface area contributed by atoms with E-state index in [-0.39, 0.29) is 23.1 Å². The Labute approximate surface area is 122 Å². The molecule has 0 aromatic rings. The second kappa shape index (κ2) is 5.68. The number of hydroxylamine groups is 2. The van der Waals surface area contributed by atoms with Gasteiger partial charge < -0.3 is 9.94 Å². The fourth-order valence-corrected chi connectivity index (χ4v) is 2.14. The van der Waals surface area contributed by atoms with Gasteiger partial charge in [0.2, 0.25) is 5.54 Å². The Morgan fingerprint density at radius 1 is 1.52 bits per heavy atom. The Hall–Kier alpha value is -2.16. The molecule has 3 N–H and O–H groups in total. The summed E-state index contributed by atoms with van der Waals surface area (Å²) in [6, 6.07) is 0. The van der Waals surface area contributed by atoms with Crippen LogP contribution >= 0.6 is 0 Å². The summed E-state index contributed by atoms with van der Waals surface area (Å²) in [5.41, 5.74) is -0.430. The maximum Gasteiger partial charge on any atom is 0.433 e. The molecule has 0 saturated heterocycles. The van der Waals surface area contributed by atoms with Crippen LogP contribution in [0.5, 0.6) is 0 Å². The number of amides is 2. The zero-order valence-electron chi connectivity index (χ0n) is 12.7. The average molecular weight is 300 g/mol. The van der Waals surface area contributed by atoms with Gasteiger partial charge in [0.25, 0.3) is 5.91 Å². The van der Waals surface area contributed by atoms with Gasteiger partial charge in [0.05, 0.1) is 11.4 Å². The summed E-state index contributed by atoms with van der Waals surface area (Å²) in [5.74, 6) is -0.807. The van der Waals surface area contributed by atoms with Crippen molar-refractivity contribution in [2.75, 3.05) is 6.61 Å². The summed E-state index contributed by atoms with van der Waals surface area (Å²) in [7, 11) is 0. The van der Waals surface area contributed by atoms with E-state index >= 15 is 0 Å². The molecule has 0 aromatic heterocycles. The Balaban J connectivity index is 3.54. The van der Waals surface area contributed by atoms with E-state index in [9.17, 15) is 14.8 Å². The minimum atomic E-state index is -2.04. The van der Waals surface area contributed by atoms with Crippen LogP contribution in [0.2, 0.25) is 0 Å². The summed E-state index contributed by atoms with van der Waals surface area (Å²) in [5, 5.41) is 26.7. The number of hydrazone groups is 1. The van der Waals surface area contributed by atoms with Gasteiger partial charge in [0.15, 0.2) is 0 Å². The van der Waals surface area contributed by atoms with E-state index in [0.717, 1.165) is 0 Å². The standard InChI is InChI=1S/C12H20N4O5/c1-6-21-15-7(2)12(16(20)10(18)19)8(11(3,4)5)13-14-9(12)17/h20H,6H2,1-5H3,(H,14,17)(H,18,19)/b15-7-. The molecule has 0 saturated carbocycles. The monoisotopic (exact) mass is 300 g/mol. The lowest BCUT2D eigenvalue weighted by atomic mass is 9.75. The van der Waals surface area contributed by atoms with Gasteiger partial charge >= 0.3 is 6.09 Å².